The van der Waals surface area contributed by atoms with Crippen LogP contribution >= 0.6 is 11.3 Å². The Bertz CT molecular complexity index is 894. The third-order valence-electron chi connectivity index (χ3n) is 2.94. The van der Waals surface area contributed by atoms with E-state index in [9.17, 15) is 4.79 Å². The number of anilines is 1. The van der Waals surface area contributed by atoms with Crippen molar-refractivity contribution in [2.75, 3.05) is 12.4 Å². The van der Waals surface area contributed by atoms with Gasteiger partial charge in [0, 0.05) is 5.69 Å². The minimum Gasteiger partial charge on any atom is -0.497 e. The number of carbonyl (C=O) groups excluding carboxylic acids is 1. The average molecular weight is 341 g/mol. The van der Waals surface area contributed by atoms with E-state index >= 15 is 0 Å². The molecule has 3 rings (SSSR count). The standard InChI is InChI=1S/C14H11N7O2S/c1-23-10-4-2-9(3-5-10)17-13(22)14-19-18-12(24-14)7-21-8-16-11(6-15)20-21/h2-5,8H,7H2,1H3,(H,17,22). The largest absolute Gasteiger partial charge is 0.497 e. The molecule has 1 amide bonds. The maximum Gasteiger partial charge on any atom is 0.286 e. The second-order valence-electron chi connectivity index (χ2n) is 4.56. The van der Waals surface area contributed by atoms with Crippen LogP contribution in [0.25, 0.3) is 0 Å². The van der Waals surface area contributed by atoms with Crippen LogP contribution in [0.1, 0.15) is 20.6 Å². The van der Waals surface area contributed by atoms with Crippen LogP contribution in [-0.2, 0) is 6.54 Å². The number of hydrogen-bond acceptors (Lipinski definition) is 8. The van der Waals surface area contributed by atoms with Gasteiger partial charge in [-0.25, -0.2) is 9.67 Å². The summed E-state index contributed by atoms with van der Waals surface area (Å²) in [5, 5.41) is 24.0. The van der Waals surface area contributed by atoms with Crippen LogP contribution in [-0.4, -0.2) is 38.0 Å². The number of ether oxygens (including phenoxy) is 1. The third-order valence-corrected chi connectivity index (χ3v) is 3.85. The lowest BCUT2D eigenvalue weighted by atomic mass is 10.3. The number of methoxy groups -OCH3 is 1. The Morgan fingerprint density at radius 1 is 1.38 bits per heavy atom. The zero-order valence-electron chi connectivity index (χ0n) is 12.5. The van der Waals surface area contributed by atoms with Crippen LogP contribution in [0, 0.1) is 11.3 Å². The highest BCUT2D eigenvalue weighted by atomic mass is 32.1. The molecule has 2 heterocycles. The monoisotopic (exact) mass is 341 g/mol. The quantitative estimate of drug-likeness (QED) is 0.743. The zero-order chi connectivity index (χ0) is 16.9. The van der Waals surface area contributed by atoms with Crippen molar-refractivity contribution >= 4 is 22.9 Å². The summed E-state index contributed by atoms with van der Waals surface area (Å²) in [4.78, 5) is 16.0. The number of benzene rings is 1. The summed E-state index contributed by atoms with van der Waals surface area (Å²) < 4.78 is 6.52. The van der Waals surface area contributed by atoms with E-state index in [2.05, 4.69) is 25.6 Å². The lowest BCUT2D eigenvalue weighted by Crippen LogP contribution is -2.11. The van der Waals surface area contributed by atoms with Crippen molar-refractivity contribution in [2.45, 2.75) is 6.54 Å². The molecule has 0 aliphatic heterocycles. The summed E-state index contributed by atoms with van der Waals surface area (Å²) in [5.41, 5.74) is 0.632. The molecule has 0 unspecified atom stereocenters. The van der Waals surface area contributed by atoms with Gasteiger partial charge in [0.1, 0.15) is 23.2 Å². The molecule has 2 aromatic heterocycles. The van der Waals surface area contributed by atoms with Crippen LogP contribution in [0.3, 0.4) is 0 Å². The highest BCUT2D eigenvalue weighted by Gasteiger charge is 2.14. The van der Waals surface area contributed by atoms with Crippen LogP contribution in [0.15, 0.2) is 30.6 Å². The fourth-order valence-corrected chi connectivity index (χ4v) is 2.56. The molecule has 0 spiro atoms. The zero-order valence-corrected chi connectivity index (χ0v) is 13.3. The highest BCUT2D eigenvalue weighted by Crippen LogP contribution is 2.17. The first-order valence-corrected chi connectivity index (χ1v) is 7.57. The van der Waals surface area contributed by atoms with Gasteiger partial charge in [-0.15, -0.1) is 15.3 Å². The summed E-state index contributed by atoms with van der Waals surface area (Å²) in [6.07, 6.45) is 1.43. The van der Waals surface area contributed by atoms with Gasteiger partial charge < -0.3 is 10.1 Å². The molecule has 0 saturated carbocycles. The fourth-order valence-electron chi connectivity index (χ4n) is 1.83. The number of nitrogens with one attached hydrogen (secondary N) is 1. The molecular weight excluding hydrogens is 330 g/mol. The Morgan fingerprint density at radius 2 is 2.17 bits per heavy atom. The van der Waals surface area contributed by atoms with E-state index in [4.69, 9.17) is 10.00 Å². The molecular formula is C14H11N7O2S. The summed E-state index contributed by atoms with van der Waals surface area (Å²) in [6.45, 7) is 0.294. The smallest absolute Gasteiger partial charge is 0.286 e. The van der Waals surface area contributed by atoms with E-state index in [0.717, 1.165) is 11.3 Å². The van der Waals surface area contributed by atoms with Gasteiger partial charge in [-0.3, -0.25) is 4.79 Å². The molecule has 0 saturated heterocycles. The van der Waals surface area contributed by atoms with Crippen LogP contribution in [0.5, 0.6) is 5.75 Å². The molecule has 120 valence electrons. The number of hydrogen-bond donors (Lipinski definition) is 1. The second-order valence-corrected chi connectivity index (χ2v) is 5.62. The van der Waals surface area contributed by atoms with Crippen molar-refractivity contribution in [3.8, 4) is 11.8 Å². The minimum atomic E-state index is -0.347. The lowest BCUT2D eigenvalue weighted by molar-refractivity contribution is 0.102. The molecule has 10 heteroatoms. The predicted molar refractivity (Wildman–Crippen MR) is 84.7 cm³/mol. The topological polar surface area (TPSA) is 119 Å². The van der Waals surface area contributed by atoms with Crippen molar-refractivity contribution in [3.05, 3.63) is 46.4 Å². The number of carbonyl (C=O) groups is 1. The number of amides is 1. The third kappa shape index (κ3) is 3.53. The normalized spacial score (nSPS) is 10.2. The Kier molecular flexibility index (Phi) is 4.44. The van der Waals surface area contributed by atoms with Crippen LogP contribution in [0.4, 0.5) is 5.69 Å². The Balaban J connectivity index is 1.65. The van der Waals surface area contributed by atoms with Gasteiger partial charge in [0.15, 0.2) is 0 Å². The van der Waals surface area contributed by atoms with Gasteiger partial charge >= 0.3 is 0 Å². The Hall–Kier alpha value is -3.32. The molecule has 0 aliphatic carbocycles. The number of rotatable bonds is 5. The van der Waals surface area contributed by atoms with E-state index < -0.39 is 0 Å². The summed E-state index contributed by atoms with van der Waals surface area (Å²) in [7, 11) is 1.57. The maximum absolute atomic E-state index is 12.2. The maximum atomic E-state index is 12.2. The first-order valence-electron chi connectivity index (χ1n) is 6.75. The van der Waals surface area contributed by atoms with Crippen molar-refractivity contribution in [3.63, 3.8) is 0 Å². The molecule has 1 N–H and O–H groups in total. The van der Waals surface area contributed by atoms with E-state index in [1.807, 2.05) is 6.07 Å². The molecule has 1 aromatic carbocycles. The minimum absolute atomic E-state index is 0.0805. The molecule has 0 radical (unpaired) electrons. The highest BCUT2D eigenvalue weighted by molar-refractivity contribution is 7.13. The van der Waals surface area contributed by atoms with Crippen molar-refractivity contribution < 1.29 is 9.53 Å². The van der Waals surface area contributed by atoms with Gasteiger partial charge in [0.2, 0.25) is 5.01 Å². The van der Waals surface area contributed by atoms with Crippen molar-refractivity contribution in [1.82, 2.24) is 25.0 Å². The first-order chi connectivity index (χ1) is 11.7. The number of nitriles is 1. The summed E-state index contributed by atoms with van der Waals surface area (Å²) >= 11 is 1.15. The van der Waals surface area contributed by atoms with Crippen LogP contribution < -0.4 is 10.1 Å². The molecule has 3 aromatic rings. The SMILES string of the molecule is COc1ccc(NC(=O)c2nnc(Cn3cnc(C#N)n3)s2)cc1. The van der Waals surface area contributed by atoms with Crippen molar-refractivity contribution in [2.24, 2.45) is 0 Å². The Morgan fingerprint density at radius 3 is 2.83 bits per heavy atom. The van der Waals surface area contributed by atoms with Gasteiger partial charge in [0.05, 0.1) is 13.7 Å². The molecule has 9 nitrogen and oxygen atoms in total. The van der Waals surface area contributed by atoms with Gasteiger partial charge in [0.25, 0.3) is 11.7 Å². The Labute approximate surface area is 140 Å². The molecule has 0 aliphatic rings. The first kappa shape index (κ1) is 15.6. The molecule has 0 bridgehead atoms. The van der Waals surface area contributed by atoms with Crippen molar-refractivity contribution in [1.29, 1.82) is 5.26 Å². The predicted octanol–water partition coefficient (Wildman–Crippen LogP) is 1.31. The lowest BCUT2D eigenvalue weighted by Gasteiger charge is -2.03. The van der Waals surface area contributed by atoms with E-state index in [1.54, 1.807) is 31.4 Å². The van der Waals surface area contributed by atoms with E-state index in [-0.39, 0.29) is 16.7 Å². The van der Waals surface area contributed by atoms with E-state index in [0.29, 0.717) is 23.0 Å². The number of aromatic nitrogens is 5. The summed E-state index contributed by atoms with van der Waals surface area (Å²) in [5.74, 6) is 0.438. The van der Waals surface area contributed by atoms with Gasteiger partial charge in [-0.05, 0) is 24.3 Å². The second kappa shape index (κ2) is 6.84. The van der Waals surface area contributed by atoms with Gasteiger partial charge in [-0.1, -0.05) is 11.3 Å². The number of nitrogens with zero attached hydrogens (tertiary/aromatic N) is 6. The van der Waals surface area contributed by atoms with Crippen LogP contribution in [0.2, 0.25) is 0 Å². The molecule has 0 fully saturated rings. The average Bonchev–Trinajstić information content (AvgIpc) is 3.25. The van der Waals surface area contributed by atoms with Gasteiger partial charge in [-0.2, -0.15) is 5.26 Å². The van der Waals surface area contributed by atoms with E-state index in [1.165, 1.54) is 11.0 Å². The molecule has 24 heavy (non-hydrogen) atoms. The molecule has 0 atom stereocenters. The summed E-state index contributed by atoms with van der Waals surface area (Å²) in [6, 6.07) is 8.81. The fraction of sp³-hybridized carbons (Fsp3) is 0.143.